The highest BCUT2D eigenvalue weighted by atomic mass is 35.5. The molecular weight excluding hydrogens is 282 g/mol. The van der Waals surface area contributed by atoms with Crippen LogP contribution >= 0.6 is 11.6 Å². The number of hydrogen-bond acceptors (Lipinski definition) is 4. The average molecular weight is 300 g/mol. The van der Waals surface area contributed by atoms with E-state index >= 15 is 0 Å². The van der Waals surface area contributed by atoms with E-state index in [2.05, 4.69) is 0 Å². The maximum atomic E-state index is 10.7. The van der Waals surface area contributed by atoms with Crippen LogP contribution in [-0.2, 0) is 4.79 Å². The zero-order valence-electron chi connectivity index (χ0n) is 11.5. The molecule has 0 radical (unpaired) electrons. The molecule has 1 unspecified atom stereocenters. The number of halogens is 1. The van der Waals surface area contributed by atoms with Crippen molar-refractivity contribution in [1.82, 2.24) is 0 Å². The molecule has 110 valence electrons. The number of carboxylic acids is 1. The Morgan fingerprint density at radius 2 is 2.10 bits per heavy atom. The van der Waals surface area contributed by atoms with E-state index in [9.17, 15) is 4.79 Å². The van der Waals surface area contributed by atoms with E-state index < -0.39 is 12.0 Å². The summed E-state index contributed by atoms with van der Waals surface area (Å²) in [5.41, 5.74) is 7.90. The van der Waals surface area contributed by atoms with Crippen LogP contribution in [0.4, 0.5) is 0 Å². The minimum absolute atomic E-state index is 0.0186. The standard InChI is InChI=1S/C14H18ClNO4/c1-7(2)12-8(10(16)3-4-11(17)18)5-9(15)13-14(12)20-6-19-13/h5,7,10H,3-4,6,16H2,1-2H3,(H,17,18). The SMILES string of the molecule is CC(C)c1c(C(N)CCC(=O)O)cc(Cl)c2c1OCO2. The van der Waals surface area contributed by atoms with E-state index in [0.29, 0.717) is 22.9 Å². The van der Waals surface area contributed by atoms with E-state index in [0.717, 1.165) is 11.1 Å². The lowest BCUT2D eigenvalue weighted by atomic mass is 9.90. The third kappa shape index (κ3) is 2.83. The summed E-state index contributed by atoms with van der Waals surface area (Å²) in [6.45, 7) is 4.19. The summed E-state index contributed by atoms with van der Waals surface area (Å²) in [5, 5.41) is 9.22. The van der Waals surface area contributed by atoms with Crippen LogP contribution in [0.2, 0.25) is 5.02 Å². The molecule has 1 heterocycles. The van der Waals surface area contributed by atoms with Crippen LogP contribution in [-0.4, -0.2) is 17.9 Å². The van der Waals surface area contributed by atoms with E-state index in [4.69, 9.17) is 31.9 Å². The molecule has 0 saturated carbocycles. The van der Waals surface area contributed by atoms with E-state index in [1.165, 1.54) is 0 Å². The summed E-state index contributed by atoms with van der Waals surface area (Å²) in [7, 11) is 0. The smallest absolute Gasteiger partial charge is 0.303 e. The first-order valence-corrected chi connectivity index (χ1v) is 6.88. The van der Waals surface area contributed by atoms with Crippen LogP contribution in [0.1, 0.15) is 49.8 Å². The normalized spacial score (nSPS) is 14.7. The molecule has 0 saturated heterocycles. The molecule has 1 aliphatic heterocycles. The van der Waals surface area contributed by atoms with Gasteiger partial charge in [0.2, 0.25) is 6.79 Å². The van der Waals surface area contributed by atoms with Gasteiger partial charge >= 0.3 is 5.97 Å². The molecule has 6 heteroatoms. The molecule has 1 aromatic carbocycles. The van der Waals surface area contributed by atoms with Gasteiger partial charge in [-0.3, -0.25) is 4.79 Å². The molecule has 5 nitrogen and oxygen atoms in total. The molecule has 1 atom stereocenters. The lowest BCUT2D eigenvalue weighted by molar-refractivity contribution is -0.137. The van der Waals surface area contributed by atoms with Crippen LogP contribution in [0.5, 0.6) is 11.5 Å². The zero-order valence-corrected chi connectivity index (χ0v) is 12.2. The minimum atomic E-state index is -0.863. The Labute approximate surface area is 122 Å². The molecule has 20 heavy (non-hydrogen) atoms. The highest BCUT2D eigenvalue weighted by molar-refractivity contribution is 6.32. The molecular formula is C14H18ClNO4. The topological polar surface area (TPSA) is 81.8 Å². The van der Waals surface area contributed by atoms with Crippen molar-refractivity contribution in [2.45, 2.75) is 38.6 Å². The van der Waals surface area contributed by atoms with Gasteiger partial charge in [0.15, 0.2) is 11.5 Å². The number of hydrogen-bond donors (Lipinski definition) is 2. The Bertz CT molecular complexity index is 530. The molecule has 0 amide bonds. The molecule has 0 bridgehead atoms. The minimum Gasteiger partial charge on any atom is -0.481 e. The fraction of sp³-hybridized carbons (Fsp3) is 0.500. The lowest BCUT2D eigenvalue weighted by Gasteiger charge is -2.20. The van der Waals surface area contributed by atoms with E-state index in [1.807, 2.05) is 13.8 Å². The number of rotatable bonds is 5. The Balaban J connectivity index is 2.41. The Morgan fingerprint density at radius 1 is 1.45 bits per heavy atom. The van der Waals surface area contributed by atoms with Gasteiger partial charge in [-0.05, 0) is 24.0 Å². The summed E-state index contributed by atoms with van der Waals surface area (Å²) < 4.78 is 10.9. The average Bonchev–Trinajstić information content (AvgIpc) is 2.84. The third-order valence-corrected chi connectivity index (χ3v) is 3.59. The molecule has 0 aliphatic carbocycles. The van der Waals surface area contributed by atoms with Crippen LogP contribution in [0.3, 0.4) is 0 Å². The van der Waals surface area contributed by atoms with Crippen molar-refractivity contribution >= 4 is 17.6 Å². The number of aliphatic carboxylic acids is 1. The number of nitrogens with two attached hydrogens (primary N) is 1. The quantitative estimate of drug-likeness (QED) is 0.873. The van der Waals surface area contributed by atoms with Crippen LogP contribution < -0.4 is 15.2 Å². The summed E-state index contributed by atoms with van der Waals surface area (Å²) in [6.07, 6.45) is 0.371. The van der Waals surface area contributed by atoms with Gasteiger partial charge in [0.05, 0.1) is 5.02 Å². The second kappa shape index (κ2) is 5.89. The molecule has 0 fully saturated rings. The van der Waals surface area contributed by atoms with Crippen LogP contribution in [0.15, 0.2) is 6.07 Å². The number of carboxylic acid groups (broad SMARTS) is 1. The fourth-order valence-electron chi connectivity index (χ4n) is 2.40. The van der Waals surface area contributed by atoms with Gasteiger partial charge in [-0.2, -0.15) is 0 Å². The van der Waals surface area contributed by atoms with Gasteiger partial charge in [-0.25, -0.2) is 0 Å². The Kier molecular flexibility index (Phi) is 4.40. The molecule has 1 aromatic rings. The molecule has 0 aromatic heterocycles. The van der Waals surface area contributed by atoms with Gasteiger partial charge < -0.3 is 20.3 Å². The van der Waals surface area contributed by atoms with Crippen LogP contribution in [0, 0.1) is 0 Å². The molecule has 1 aliphatic rings. The van der Waals surface area contributed by atoms with Crippen molar-refractivity contribution in [1.29, 1.82) is 0 Å². The summed E-state index contributed by atoms with van der Waals surface area (Å²) >= 11 is 6.18. The second-order valence-corrected chi connectivity index (χ2v) is 5.53. The number of ether oxygens (including phenoxy) is 2. The number of fused-ring (bicyclic) bond motifs is 1. The van der Waals surface area contributed by atoms with Crippen molar-refractivity contribution in [3.63, 3.8) is 0 Å². The molecule has 0 spiro atoms. The van der Waals surface area contributed by atoms with Crippen molar-refractivity contribution in [2.75, 3.05) is 6.79 Å². The van der Waals surface area contributed by atoms with Gasteiger partial charge in [0.25, 0.3) is 0 Å². The van der Waals surface area contributed by atoms with Gasteiger partial charge in [0.1, 0.15) is 0 Å². The predicted octanol–water partition coefficient (Wildman–Crippen LogP) is 3.06. The highest BCUT2D eigenvalue weighted by Gasteiger charge is 2.28. The highest BCUT2D eigenvalue weighted by Crippen LogP contribution is 2.47. The van der Waals surface area contributed by atoms with Gasteiger partial charge in [-0.1, -0.05) is 25.4 Å². The first-order chi connectivity index (χ1) is 9.41. The summed E-state index contributed by atoms with van der Waals surface area (Å²) in [6, 6.07) is 1.37. The van der Waals surface area contributed by atoms with Crippen LogP contribution in [0.25, 0.3) is 0 Å². The third-order valence-electron chi connectivity index (χ3n) is 3.31. The van der Waals surface area contributed by atoms with Crippen molar-refractivity contribution < 1.29 is 19.4 Å². The lowest BCUT2D eigenvalue weighted by Crippen LogP contribution is -2.15. The monoisotopic (exact) mass is 299 g/mol. The Morgan fingerprint density at radius 3 is 2.70 bits per heavy atom. The van der Waals surface area contributed by atoms with Gasteiger partial charge in [-0.15, -0.1) is 0 Å². The van der Waals surface area contributed by atoms with Crippen molar-refractivity contribution in [3.05, 3.63) is 22.2 Å². The molecule has 2 rings (SSSR count). The van der Waals surface area contributed by atoms with E-state index in [-0.39, 0.29) is 19.1 Å². The van der Waals surface area contributed by atoms with E-state index in [1.54, 1.807) is 6.07 Å². The summed E-state index contributed by atoms with van der Waals surface area (Å²) in [5.74, 6) is 0.491. The second-order valence-electron chi connectivity index (χ2n) is 5.12. The first kappa shape index (κ1) is 14.9. The fourth-order valence-corrected chi connectivity index (χ4v) is 2.66. The van der Waals surface area contributed by atoms with Gasteiger partial charge in [0, 0.05) is 18.0 Å². The van der Waals surface area contributed by atoms with Crippen molar-refractivity contribution in [3.8, 4) is 11.5 Å². The summed E-state index contributed by atoms with van der Waals surface area (Å²) in [4.78, 5) is 10.7. The van der Waals surface area contributed by atoms with Crippen molar-refractivity contribution in [2.24, 2.45) is 5.73 Å². The first-order valence-electron chi connectivity index (χ1n) is 6.51. The Hall–Kier alpha value is -1.46. The predicted molar refractivity (Wildman–Crippen MR) is 75.5 cm³/mol. The zero-order chi connectivity index (χ0) is 14.9. The maximum Gasteiger partial charge on any atom is 0.303 e. The largest absolute Gasteiger partial charge is 0.481 e. The maximum absolute atomic E-state index is 10.7. The molecule has 3 N–H and O–H groups in total. The number of carbonyl (C=O) groups is 1. The number of benzene rings is 1.